The lowest BCUT2D eigenvalue weighted by Gasteiger charge is -2.09. The highest BCUT2D eigenvalue weighted by Crippen LogP contribution is 2.15. The van der Waals surface area contributed by atoms with Crippen molar-refractivity contribution in [3.05, 3.63) is 41.5 Å². The van der Waals surface area contributed by atoms with Gasteiger partial charge in [0.2, 0.25) is 0 Å². The number of aryl methyl sites for hydroxylation is 2. The van der Waals surface area contributed by atoms with Crippen LogP contribution in [-0.4, -0.2) is 21.3 Å². The van der Waals surface area contributed by atoms with Crippen LogP contribution in [0, 0.1) is 13.8 Å². The Hall–Kier alpha value is -1.68. The van der Waals surface area contributed by atoms with E-state index in [2.05, 4.69) is 16.1 Å². The molecule has 1 aromatic carbocycles. The molecule has 0 saturated heterocycles. The zero-order chi connectivity index (χ0) is 11.5. The maximum Gasteiger partial charge on any atom is 0.148 e. The zero-order valence-corrected chi connectivity index (χ0v) is 9.64. The normalized spacial score (nSPS) is 10.7. The molecule has 0 radical (unpaired) electrons. The summed E-state index contributed by atoms with van der Waals surface area (Å²) in [5.41, 5.74) is 7.89. The topological polar surface area (TPSA) is 56.7 Å². The highest BCUT2D eigenvalue weighted by Gasteiger charge is 2.08. The van der Waals surface area contributed by atoms with Crippen molar-refractivity contribution in [2.45, 2.75) is 20.3 Å². The minimum absolute atomic E-state index is 0.643. The Balaban J connectivity index is 2.50. The molecule has 0 aliphatic carbocycles. The number of hydrogen-bond acceptors (Lipinski definition) is 3. The monoisotopic (exact) mass is 216 g/mol. The van der Waals surface area contributed by atoms with Crippen molar-refractivity contribution in [3.63, 3.8) is 0 Å². The van der Waals surface area contributed by atoms with Crippen LogP contribution in [0.5, 0.6) is 0 Å². The van der Waals surface area contributed by atoms with Crippen molar-refractivity contribution in [2.24, 2.45) is 5.73 Å². The molecule has 84 valence electrons. The fourth-order valence-electron chi connectivity index (χ4n) is 1.83. The van der Waals surface area contributed by atoms with Crippen LogP contribution in [0.4, 0.5) is 0 Å². The van der Waals surface area contributed by atoms with Gasteiger partial charge in [-0.05, 0) is 38.4 Å². The summed E-state index contributed by atoms with van der Waals surface area (Å²) in [6.07, 6.45) is 0.856. The molecule has 2 aromatic rings. The minimum Gasteiger partial charge on any atom is -0.330 e. The van der Waals surface area contributed by atoms with Crippen molar-refractivity contribution in [1.29, 1.82) is 0 Å². The van der Waals surface area contributed by atoms with Crippen molar-refractivity contribution in [1.82, 2.24) is 14.8 Å². The first-order valence-electron chi connectivity index (χ1n) is 5.41. The van der Waals surface area contributed by atoms with Crippen LogP contribution in [0.3, 0.4) is 0 Å². The van der Waals surface area contributed by atoms with Gasteiger partial charge in [-0.3, -0.25) is 0 Å². The number of rotatable bonds is 3. The van der Waals surface area contributed by atoms with E-state index in [9.17, 15) is 0 Å². The van der Waals surface area contributed by atoms with E-state index in [0.717, 1.165) is 23.8 Å². The Morgan fingerprint density at radius 1 is 1.25 bits per heavy atom. The van der Waals surface area contributed by atoms with Crippen LogP contribution in [0.15, 0.2) is 24.3 Å². The summed E-state index contributed by atoms with van der Waals surface area (Å²) in [5.74, 6) is 1.70. The zero-order valence-electron chi connectivity index (χ0n) is 9.64. The van der Waals surface area contributed by atoms with Gasteiger partial charge in [0.15, 0.2) is 0 Å². The van der Waals surface area contributed by atoms with Crippen LogP contribution in [0.1, 0.15) is 17.2 Å². The minimum atomic E-state index is 0.643. The summed E-state index contributed by atoms with van der Waals surface area (Å²) in [5, 5.41) is 4.39. The first-order valence-corrected chi connectivity index (χ1v) is 5.41. The molecule has 0 aliphatic rings. The molecule has 0 saturated carbocycles. The first-order chi connectivity index (χ1) is 7.72. The maximum absolute atomic E-state index is 5.61. The summed E-state index contributed by atoms with van der Waals surface area (Å²) >= 11 is 0. The third kappa shape index (κ3) is 1.97. The number of hydrogen-bond donors (Lipinski definition) is 1. The van der Waals surface area contributed by atoms with Crippen molar-refractivity contribution >= 4 is 0 Å². The molecule has 2 N–H and O–H groups in total. The van der Waals surface area contributed by atoms with E-state index in [4.69, 9.17) is 5.73 Å². The van der Waals surface area contributed by atoms with Gasteiger partial charge in [0.25, 0.3) is 0 Å². The van der Waals surface area contributed by atoms with E-state index in [1.165, 1.54) is 5.56 Å². The van der Waals surface area contributed by atoms with Gasteiger partial charge in [0, 0.05) is 0 Å². The molecule has 0 bridgehead atoms. The van der Waals surface area contributed by atoms with Gasteiger partial charge in [-0.1, -0.05) is 18.2 Å². The Kier molecular flexibility index (Phi) is 3.01. The fourth-order valence-corrected chi connectivity index (χ4v) is 1.83. The van der Waals surface area contributed by atoms with Gasteiger partial charge in [0.1, 0.15) is 11.6 Å². The van der Waals surface area contributed by atoms with Gasteiger partial charge in [-0.2, -0.15) is 5.10 Å². The summed E-state index contributed by atoms with van der Waals surface area (Å²) in [6.45, 7) is 4.50. The fraction of sp³-hybridized carbons (Fsp3) is 0.333. The molecule has 1 aromatic heterocycles. The molecule has 0 unspecified atom stereocenters. The number of aromatic nitrogens is 3. The lowest BCUT2D eigenvalue weighted by molar-refractivity contribution is 0.811. The molecule has 4 nitrogen and oxygen atoms in total. The highest BCUT2D eigenvalue weighted by atomic mass is 15.3. The van der Waals surface area contributed by atoms with Crippen molar-refractivity contribution in [2.75, 3.05) is 6.54 Å². The second kappa shape index (κ2) is 4.45. The predicted octanol–water partition coefficient (Wildman–Crippen LogP) is 1.39. The molecule has 4 heteroatoms. The summed E-state index contributed by atoms with van der Waals surface area (Å²) in [7, 11) is 0. The molecule has 0 atom stereocenters. The standard InChI is InChI=1S/C12H16N4/c1-9-14-10(2)16(15-9)12-6-4-3-5-11(12)7-8-13/h3-6H,7-8,13H2,1-2H3. The van der Waals surface area contributed by atoms with Crippen LogP contribution < -0.4 is 5.73 Å². The number of nitrogens with zero attached hydrogens (tertiary/aromatic N) is 3. The molecule has 0 spiro atoms. The van der Waals surface area contributed by atoms with Gasteiger partial charge in [0.05, 0.1) is 5.69 Å². The number of nitrogens with two attached hydrogens (primary N) is 1. The molecule has 1 heterocycles. The Labute approximate surface area is 95.1 Å². The Bertz CT molecular complexity index is 488. The first kappa shape index (κ1) is 10.8. The molecule has 0 aliphatic heterocycles. The van der Waals surface area contributed by atoms with Gasteiger partial charge in [-0.25, -0.2) is 9.67 Å². The second-order valence-corrected chi connectivity index (χ2v) is 3.79. The van der Waals surface area contributed by atoms with E-state index >= 15 is 0 Å². The Morgan fingerprint density at radius 3 is 2.62 bits per heavy atom. The molecule has 0 fully saturated rings. The maximum atomic E-state index is 5.61. The van der Waals surface area contributed by atoms with Crippen LogP contribution in [0.2, 0.25) is 0 Å². The average Bonchev–Trinajstić information content (AvgIpc) is 2.59. The largest absolute Gasteiger partial charge is 0.330 e. The predicted molar refractivity (Wildman–Crippen MR) is 63.6 cm³/mol. The third-order valence-corrected chi connectivity index (χ3v) is 2.51. The lowest BCUT2D eigenvalue weighted by Crippen LogP contribution is -2.08. The molecule has 0 amide bonds. The van der Waals surface area contributed by atoms with Gasteiger partial charge >= 0.3 is 0 Å². The van der Waals surface area contributed by atoms with Gasteiger partial charge < -0.3 is 5.73 Å². The van der Waals surface area contributed by atoms with Crippen molar-refractivity contribution in [3.8, 4) is 5.69 Å². The van der Waals surface area contributed by atoms with Crippen LogP contribution in [0.25, 0.3) is 5.69 Å². The summed E-state index contributed by atoms with van der Waals surface area (Å²) < 4.78 is 1.88. The van der Waals surface area contributed by atoms with Crippen LogP contribution in [-0.2, 0) is 6.42 Å². The quantitative estimate of drug-likeness (QED) is 0.843. The lowest BCUT2D eigenvalue weighted by atomic mass is 10.1. The SMILES string of the molecule is Cc1nc(C)n(-c2ccccc2CCN)n1. The van der Waals surface area contributed by atoms with E-state index in [-0.39, 0.29) is 0 Å². The van der Waals surface area contributed by atoms with Gasteiger partial charge in [-0.15, -0.1) is 0 Å². The number of benzene rings is 1. The third-order valence-electron chi connectivity index (χ3n) is 2.51. The summed E-state index contributed by atoms with van der Waals surface area (Å²) in [6, 6.07) is 8.16. The Morgan fingerprint density at radius 2 is 2.00 bits per heavy atom. The van der Waals surface area contributed by atoms with E-state index < -0.39 is 0 Å². The van der Waals surface area contributed by atoms with Crippen LogP contribution >= 0.6 is 0 Å². The highest BCUT2D eigenvalue weighted by molar-refractivity contribution is 5.41. The number of para-hydroxylation sites is 1. The van der Waals surface area contributed by atoms with E-state index in [0.29, 0.717) is 6.54 Å². The molecule has 2 rings (SSSR count). The van der Waals surface area contributed by atoms with Crippen molar-refractivity contribution < 1.29 is 0 Å². The second-order valence-electron chi connectivity index (χ2n) is 3.79. The smallest absolute Gasteiger partial charge is 0.148 e. The molecular formula is C12H16N4. The summed E-state index contributed by atoms with van der Waals surface area (Å²) in [4.78, 5) is 4.31. The molecular weight excluding hydrogens is 200 g/mol. The molecule has 16 heavy (non-hydrogen) atoms. The van der Waals surface area contributed by atoms with E-state index in [1.807, 2.05) is 36.7 Å². The average molecular weight is 216 g/mol. The van der Waals surface area contributed by atoms with E-state index in [1.54, 1.807) is 0 Å².